The van der Waals surface area contributed by atoms with Crippen molar-refractivity contribution in [2.45, 2.75) is 83.7 Å². The minimum Gasteiger partial charge on any atom is -1.00 e. The van der Waals surface area contributed by atoms with Gasteiger partial charge < -0.3 is 26.6 Å². The van der Waals surface area contributed by atoms with Gasteiger partial charge in [-0.1, -0.05) is 39.0 Å². The molecule has 2 aliphatic carbocycles. The molecular formula is C23H37NaO7. The van der Waals surface area contributed by atoms with Crippen LogP contribution in [0.4, 0.5) is 0 Å². The van der Waals surface area contributed by atoms with Gasteiger partial charge >= 0.3 is 41.5 Å². The summed E-state index contributed by atoms with van der Waals surface area (Å²) in [6, 6.07) is 0. The van der Waals surface area contributed by atoms with Gasteiger partial charge in [-0.3, -0.25) is 9.59 Å². The topological polar surface area (TPSA) is 124 Å². The molecule has 0 spiro atoms. The van der Waals surface area contributed by atoms with Gasteiger partial charge in [0.2, 0.25) is 0 Å². The smallest absolute Gasteiger partial charge is 1.00 e. The Kier molecular flexibility index (Phi) is 12.0. The molecular weight excluding hydrogens is 411 g/mol. The molecule has 8 heteroatoms. The summed E-state index contributed by atoms with van der Waals surface area (Å²) in [4.78, 5) is 23.1. The minimum atomic E-state index is -1.10. The van der Waals surface area contributed by atoms with Gasteiger partial charge in [0.15, 0.2) is 0 Å². The molecule has 0 bridgehead atoms. The molecule has 0 fully saturated rings. The van der Waals surface area contributed by atoms with Crippen LogP contribution in [0.5, 0.6) is 0 Å². The molecule has 0 aliphatic heterocycles. The van der Waals surface area contributed by atoms with Crippen LogP contribution < -0.4 is 29.6 Å². The van der Waals surface area contributed by atoms with Gasteiger partial charge in [0, 0.05) is 12.3 Å². The fourth-order valence-corrected chi connectivity index (χ4v) is 4.52. The number of aliphatic carboxylic acids is 1. The van der Waals surface area contributed by atoms with E-state index in [0.717, 1.165) is 5.57 Å². The van der Waals surface area contributed by atoms with E-state index in [-0.39, 0.29) is 73.5 Å². The first-order valence-corrected chi connectivity index (χ1v) is 11.0. The first-order chi connectivity index (χ1) is 14.1. The third-order valence-electron chi connectivity index (χ3n) is 6.44. The molecule has 2 aliphatic rings. The number of allylic oxidation sites excluding steroid dienone is 2. The van der Waals surface area contributed by atoms with E-state index in [1.165, 1.54) is 0 Å². The summed E-state index contributed by atoms with van der Waals surface area (Å²) in [5, 5.41) is 39.1. The molecule has 0 saturated carbocycles. The maximum absolute atomic E-state index is 12.4. The summed E-state index contributed by atoms with van der Waals surface area (Å²) >= 11 is 0. The number of carbonyl (C=O) groups excluding carboxylic acids is 1. The van der Waals surface area contributed by atoms with E-state index in [4.69, 9.17) is 9.84 Å². The summed E-state index contributed by atoms with van der Waals surface area (Å²) in [6.07, 6.45) is 4.64. The Bertz CT molecular complexity index is 669. The van der Waals surface area contributed by atoms with Crippen molar-refractivity contribution >= 4 is 11.9 Å². The molecule has 4 N–H and O–H groups in total. The van der Waals surface area contributed by atoms with Crippen molar-refractivity contribution in [3.63, 3.8) is 0 Å². The SMILES string of the molecule is CC[C@H](C)C(=O)O[C@H]1C[C@H](O)C=C2C=C[C@H](C)[C@H](CC[C@@H](O)C[C@@H](O)CC(=O)O)[C@H]21.[H-].[Na+]. The second-order valence-corrected chi connectivity index (χ2v) is 8.88. The van der Waals surface area contributed by atoms with E-state index in [2.05, 4.69) is 13.0 Å². The number of ether oxygens (including phenoxy) is 1. The fourth-order valence-electron chi connectivity index (χ4n) is 4.52. The van der Waals surface area contributed by atoms with Gasteiger partial charge in [-0.25, -0.2) is 0 Å². The number of hydrogen-bond donors (Lipinski definition) is 4. The second-order valence-electron chi connectivity index (χ2n) is 8.88. The number of rotatable bonds is 10. The zero-order valence-electron chi connectivity index (χ0n) is 20.1. The molecule has 0 aromatic carbocycles. The summed E-state index contributed by atoms with van der Waals surface area (Å²) in [5.74, 6) is -1.31. The molecule has 0 aromatic rings. The van der Waals surface area contributed by atoms with Crippen molar-refractivity contribution < 1.29 is 65.7 Å². The Labute approximate surface area is 208 Å². The molecule has 0 unspecified atom stereocenters. The maximum Gasteiger partial charge on any atom is 1.00 e. The van der Waals surface area contributed by atoms with Gasteiger partial charge in [-0.2, -0.15) is 0 Å². The molecule has 2 rings (SSSR count). The van der Waals surface area contributed by atoms with Gasteiger partial charge in [-0.15, -0.1) is 0 Å². The van der Waals surface area contributed by atoms with Gasteiger partial charge in [-0.05, 0) is 43.1 Å². The number of esters is 1. The van der Waals surface area contributed by atoms with E-state index < -0.39 is 30.4 Å². The first kappa shape index (κ1) is 28.3. The number of aliphatic hydroxyl groups is 3. The van der Waals surface area contributed by atoms with Crippen molar-refractivity contribution in [1.29, 1.82) is 0 Å². The van der Waals surface area contributed by atoms with E-state index in [9.17, 15) is 24.9 Å². The van der Waals surface area contributed by atoms with Crippen LogP contribution in [0, 0.1) is 23.7 Å². The Morgan fingerprint density at radius 3 is 2.58 bits per heavy atom. The average molecular weight is 449 g/mol. The quantitative estimate of drug-likeness (QED) is 0.264. The summed E-state index contributed by atoms with van der Waals surface area (Å²) < 4.78 is 5.84. The van der Waals surface area contributed by atoms with Crippen molar-refractivity contribution in [2.24, 2.45) is 23.7 Å². The largest absolute Gasteiger partial charge is 1.00 e. The number of carboxylic acids is 1. The first-order valence-electron chi connectivity index (χ1n) is 11.0. The van der Waals surface area contributed by atoms with Crippen molar-refractivity contribution in [1.82, 2.24) is 0 Å². The van der Waals surface area contributed by atoms with Crippen molar-refractivity contribution in [2.75, 3.05) is 0 Å². The minimum absolute atomic E-state index is 0. The summed E-state index contributed by atoms with van der Waals surface area (Å²) in [7, 11) is 0. The normalized spacial score (nSPS) is 30.3. The standard InChI is InChI=1S/C23H36O7.Na.H/c1-4-13(2)23(29)30-20-11-17(25)9-15-6-5-14(3)19(22(15)20)8-7-16(24)10-18(26)12-21(27)28;;/h5-6,9,13-14,16-20,22,24-26H,4,7-8,10-12H2,1-3H3,(H,27,28);;/q;+1;-1/t13-,14-,16+,17+,18+,19-,20-,22-;;/m0../s1. The van der Waals surface area contributed by atoms with Crippen LogP contribution in [0.3, 0.4) is 0 Å². The third kappa shape index (κ3) is 8.30. The molecule has 0 radical (unpaired) electrons. The van der Waals surface area contributed by atoms with Gasteiger partial charge in [0.25, 0.3) is 0 Å². The molecule has 0 aromatic heterocycles. The van der Waals surface area contributed by atoms with E-state index in [1.807, 2.05) is 26.0 Å². The van der Waals surface area contributed by atoms with Crippen LogP contribution in [-0.4, -0.2) is 56.8 Å². The molecule has 31 heavy (non-hydrogen) atoms. The van der Waals surface area contributed by atoms with Crippen molar-refractivity contribution in [3.8, 4) is 0 Å². The molecule has 172 valence electrons. The number of hydrogen-bond acceptors (Lipinski definition) is 6. The molecule has 0 saturated heterocycles. The monoisotopic (exact) mass is 448 g/mol. The molecule has 8 atom stereocenters. The van der Waals surface area contributed by atoms with Gasteiger partial charge in [0.1, 0.15) is 6.10 Å². The zero-order valence-corrected chi connectivity index (χ0v) is 21.1. The third-order valence-corrected chi connectivity index (χ3v) is 6.44. The Morgan fingerprint density at radius 2 is 1.97 bits per heavy atom. The van der Waals surface area contributed by atoms with Crippen LogP contribution in [0.25, 0.3) is 0 Å². The summed E-state index contributed by atoms with van der Waals surface area (Å²) in [5.41, 5.74) is 0.958. The molecule has 7 nitrogen and oxygen atoms in total. The molecule has 0 heterocycles. The summed E-state index contributed by atoms with van der Waals surface area (Å²) in [6.45, 7) is 5.85. The van der Waals surface area contributed by atoms with Crippen LogP contribution in [0.15, 0.2) is 23.8 Å². The van der Waals surface area contributed by atoms with Crippen molar-refractivity contribution in [3.05, 3.63) is 23.8 Å². The predicted molar refractivity (Wildman–Crippen MR) is 113 cm³/mol. The number of fused-ring (bicyclic) bond motifs is 1. The van der Waals surface area contributed by atoms with E-state index >= 15 is 0 Å². The number of carboxylic acid groups (broad SMARTS) is 1. The molecule has 0 amide bonds. The van der Waals surface area contributed by atoms with Gasteiger partial charge in [0.05, 0.1) is 30.7 Å². The average Bonchev–Trinajstić information content (AvgIpc) is 2.65. The van der Waals surface area contributed by atoms with Crippen LogP contribution in [0.2, 0.25) is 0 Å². The van der Waals surface area contributed by atoms with E-state index in [1.54, 1.807) is 0 Å². The fraction of sp³-hybridized carbons (Fsp3) is 0.739. The number of aliphatic hydroxyl groups excluding tert-OH is 3. The number of carbonyl (C=O) groups is 2. The second kappa shape index (κ2) is 13.1. The van der Waals surface area contributed by atoms with Crippen LogP contribution >= 0.6 is 0 Å². The Hall–Kier alpha value is -0.700. The Morgan fingerprint density at radius 1 is 1.29 bits per heavy atom. The van der Waals surface area contributed by atoms with Crippen LogP contribution in [0.1, 0.15) is 60.7 Å². The van der Waals surface area contributed by atoms with E-state index in [0.29, 0.717) is 25.7 Å². The zero-order chi connectivity index (χ0) is 22.4. The Balaban J connectivity index is 0.00000480. The van der Waals surface area contributed by atoms with Crippen LogP contribution in [-0.2, 0) is 14.3 Å². The predicted octanol–water partition coefficient (Wildman–Crippen LogP) is -0.443. The maximum atomic E-state index is 12.4.